The van der Waals surface area contributed by atoms with Crippen molar-refractivity contribution in [3.63, 3.8) is 0 Å². The molecule has 2 rings (SSSR count). The number of carbonyl (C=O) groups excluding carboxylic acids is 1. The van der Waals surface area contributed by atoms with Crippen LogP contribution in [0.4, 0.5) is 5.95 Å². The van der Waals surface area contributed by atoms with Crippen LogP contribution in [0.25, 0.3) is 0 Å². The molecule has 108 valence electrons. The van der Waals surface area contributed by atoms with E-state index in [1.807, 2.05) is 18.2 Å². The van der Waals surface area contributed by atoms with Crippen molar-refractivity contribution in [1.29, 1.82) is 0 Å². The monoisotopic (exact) mass is 304 g/mol. The highest BCUT2D eigenvalue weighted by molar-refractivity contribution is 6.33. The van der Waals surface area contributed by atoms with E-state index in [0.717, 1.165) is 5.56 Å². The Hall–Kier alpha value is -2.47. The van der Waals surface area contributed by atoms with Gasteiger partial charge in [-0.3, -0.25) is 0 Å². The van der Waals surface area contributed by atoms with Crippen LogP contribution in [-0.2, 0) is 4.74 Å². The van der Waals surface area contributed by atoms with E-state index < -0.39 is 5.97 Å². The van der Waals surface area contributed by atoms with E-state index in [0.29, 0.717) is 11.6 Å². The maximum Gasteiger partial charge on any atom is 0.341 e. The molecule has 0 amide bonds. The average Bonchev–Trinajstić information content (AvgIpc) is 2.50. The standard InChI is InChI=1S/C14H13ClN4O2/c1-2-21-13(20)11-7-16-14(17-8-11)19-18-9-10-5-3-4-6-12(10)15/h3-9H,2H2,1H3,(H,16,17,19)/b18-9-. The number of esters is 1. The number of anilines is 1. The van der Waals surface area contributed by atoms with Gasteiger partial charge in [0.25, 0.3) is 0 Å². The van der Waals surface area contributed by atoms with Gasteiger partial charge in [0, 0.05) is 23.0 Å². The van der Waals surface area contributed by atoms with Crippen molar-refractivity contribution in [1.82, 2.24) is 9.97 Å². The molecular formula is C14H13ClN4O2. The Labute approximate surface area is 126 Å². The number of nitrogens with zero attached hydrogens (tertiary/aromatic N) is 3. The number of benzene rings is 1. The van der Waals surface area contributed by atoms with Gasteiger partial charge in [-0.2, -0.15) is 5.10 Å². The van der Waals surface area contributed by atoms with E-state index in [1.54, 1.807) is 19.2 Å². The van der Waals surface area contributed by atoms with Crippen LogP contribution in [0.2, 0.25) is 5.02 Å². The summed E-state index contributed by atoms with van der Waals surface area (Å²) in [4.78, 5) is 19.4. The number of nitrogens with one attached hydrogen (secondary N) is 1. The summed E-state index contributed by atoms with van der Waals surface area (Å²) in [7, 11) is 0. The molecule has 0 aliphatic heterocycles. The molecule has 1 heterocycles. The average molecular weight is 305 g/mol. The Morgan fingerprint density at radius 1 is 1.38 bits per heavy atom. The molecular weight excluding hydrogens is 292 g/mol. The summed E-state index contributed by atoms with van der Waals surface area (Å²) in [6.45, 7) is 2.04. The maximum absolute atomic E-state index is 11.4. The second-order valence-corrected chi connectivity index (χ2v) is 4.31. The number of ether oxygens (including phenoxy) is 1. The van der Waals surface area contributed by atoms with Crippen molar-refractivity contribution in [3.05, 3.63) is 52.8 Å². The molecule has 0 aliphatic carbocycles. The smallest absolute Gasteiger partial charge is 0.341 e. The van der Waals surface area contributed by atoms with E-state index in [-0.39, 0.29) is 11.5 Å². The fraction of sp³-hybridized carbons (Fsp3) is 0.143. The molecule has 0 atom stereocenters. The fourth-order valence-electron chi connectivity index (χ4n) is 1.44. The van der Waals surface area contributed by atoms with E-state index >= 15 is 0 Å². The molecule has 21 heavy (non-hydrogen) atoms. The van der Waals surface area contributed by atoms with Crippen LogP contribution in [0.1, 0.15) is 22.8 Å². The summed E-state index contributed by atoms with van der Waals surface area (Å²) in [5, 5.41) is 4.58. The summed E-state index contributed by atoms with van der Waals surface area (Å²) >= 11 is 5.99. The van der Waals surface area contributed by atoms with Gasteiger partial charge in [0.2, 0.25) is 5.95 Å². The lowest BCUT2D eigenvalue weighted by Crippen LogP contribution is -2.06. The molecule has 0 saturated heterocycles. The highest BCUT2D eigenvalue weighted by Crippen LogP contribution is 2.12. The largest absolute Gasteiger partial charge is 0.462 e. The van der Waals surface area contributed by atoms with E-state index in [4.69, 9.17) is 16.3 Å². The Morgan fingerprint density at radius 3 is 2.76 bits per heavy atom. The summed E-state index contributed by atoms with van der Waals surface area (Å²) in [5.41, 5.74) is 3.72. The zero-order chi connectivity index (χ0) is 15.1. The van der Waals surface area contributed by atoms with Gasteiger partial charge < -0.3 is 4.74 Å². The highest BCUT2D eigenvalue weighted by atomic mass is 35.5. The summed E-state index contributed by atoms with van der Waals surface area (Å²) < 4.78 is 4.84. The number of hydrogen-bond acceptors (Lipinski definition) is 6. The SMILES string of the molecule is CCOC(=O)c1cnc(N/N=C\c2ccccc2Cl)nc1. The van der Waals surface area contributed by atoms with E-state index in [2.05, 4.69) is 20.5 Å². The van der Waals surface area contributed by atoms with Gasteiger partial charge in [-0.05, 0) is 13.0 Å². The van der Waals surface area contributed by atoms with Crippen LogP contribution in [-0.4, -0.2) is 28.8 Å². The van der Waals surface area contributed by atoms with Crippen molar-refractivity contribution < 1.29 is 9.53 Å². The Bertz CT molecular complexity index is 644. The third kappa shape index (κ3) is 4.25. The molecule has 6 nitrogen and oxygen atoms in total. The minimum atomic E-state index is -0.455. The predicted molar refractivity (Wildman–Crippen MR) is 80.7 cm³/mol. The third-order valence-electron chi connectivity index (χ3n) is 2.44. The van der Waals surface area contributed by atoms with Crippen molar-refractivity contribution in [2.45, 2.75) is 6.92 Å². The molecule has 2 aromatic rings. The van der Waals surface area contributed by atoms with Crippen molar-refractivity contribution in [2.75, 3.05) is 12.0 Å². The molecule has 0 aliphatic rings. The van der Waals surface area contributed by atoms with Gasteiger partial charge in [-0.1, -0.05) is 29.8 Å². The Kier molecular flexibility index (Phi) is 5.22. The number of aromatic nitrogens is 2. The van der Waals surface area contributed by atoms with Gasteiger partial charge >= 0.3 is 5.97 Å². The first kappa shape index (κ1) is 14.9. The van der Waals surface area contributed by atoms with Crippen LogP contribution < -0.4 is 5.43 Å². The molecule has 0 spiro atoms. The van der Waals surface area contributed by atoms with Crippen molar-refractivity contribution in [3.8, 4) is 0 Å². The lowest BCUT2D eigenvalue weighted by Gasteiger charge is -2.02. The maximum atomic E-state index is 11.4. The van der Waals surface area contributed by atoms with Gasteiger partial charge in [0.1, 0.15) is 0 Å². The molecule has 0 saturated carbocycles. The number of rotatable bonds is 5. The zero-order valence-electron chi connectivity index (χ0n) is 11.3. The minimum Gasteiger partial charge on any atom is -0.462 e. The molecule has 0 radical (unpaired) electrons. The first-order valence-electron chi connectivity index (χ1n) is 6.23. The lowest BCUT2D eigenvalue weighted by atomic mass is 10.2. The first-order chi connectivity index (χ1) is 10.2. The molecule has 0 bridgehead atoms. The zero-order valence-corrected chi connectivity index (χ0v) is 12.0. The molecule has 1 N–H and O–H groups in total. The normalized spacial score (nSPS) is 10.6. The van der Waals surface area contributed by atoms with Crippen LogP contribution in [0.3, 0.4) is 0 Å². The second-order valence-electron chi connectivity index (χ2n) is 3.91. The predicted octanol–water partition coefficient (Wildman–Crippen LogP) is 2.75. The van der Waals surface area contributed by atoms with E-state index in [1.165, 1.54) is 12.4 Å². The van der Waals surface area contributed by atoms with Gasteiger partial charge in [-0.25, -0.2) is 20.2 Å². The number of halogens is 1. The van der Waals surface area contributed by atoms with E-state index in [9.17, 15) is 4.79 Å². The van der Waals surface area contributed by atoms with Crippen LogP contribution in [0.15, 0.2) is 41.8 Å². The number of hydrazone groups is 1. The Balaban J connectivity index is 1.98. The van der Waals surface area contributed by atoms with Crippen molar-refractivity contribution in [2.24, 2.45) is 5.10 Å². The third-order valence-corrected chi connectivity index (χ3v) is 2.78. The molecule has 1 aromatic heterocycles. The number of carbonyl (C=O) groups is 1. The van der Waals surface area contributed by atoms with Crippen LogP contribution >= 0.6 is 11.6 Å². The Morgan fingerprint density at radius 2 is 2.10 bits per heavy atom. The summed E-state index contributed by atoms with van der Waals surface area (Å²) in [6, 6.07) is 7.30. The van der Waals surface area contributed by atoms with Gasteiger partial charge in [-0.15, -0.1) is 0 Å². The lowest BCUT2D eigenvalue weighted by molar-refractivity contribution is 0.0525. The molecule has 0 fully saturated rings. The minimum absolute atomic E-state index is 0.270. The molecule has 0 unspecified atom stereocenters. The van der Waals surface area contributed by atoms with Gasteiger partial charge in [0.15, 0.2) is 0 Å². The highest BCUT2D eigenvalue weighted by Gasteiger charge is 2.07. The fourth-order valence-corrected chi connectivity index (χ4v) is 1.63. The molecule has 1 aromatic carbocycles. The summed E-state index contributed by atoms with van der Waals surface area (Å²) in [5.74, 6) is -0.185. The molecule has 7 heteroatoms. The first-order valence-corrected chi connectivity index (χ1v) is 6.61. The van der Waals surface area contributed by atoms with Gasteiger partial charge in [0.05, 0.1) is 18.4 Å². The van der Waals surface area contributed by atoms with Crippen LogP contribution in [0.5, 0.6) is 0 Å². The van der Waals surface area contributed by atoms with Crippen molar-refractivity contribution >= 4 is 29.7 Å². The van der Waals surface area contributed by atoms with Crippen LogP contribution in [0, 0.1) is 0 Å². The quantitative estimate of drug-likeness (QED) is 0.522. The number of hydrogen-bond donors (Lipinski definition) is 1. The summed E-state index contributed by atoms with van der Waals surface area (Å²) in [6.07, 6.45) is 4.31. The topological polar surface area (TPSA) is 76.5 Å². The second kappa shape index (κ2) is 7.35.